The molecule has 31 heavy (non-hydrogen) atoms. The molecule has 0 fully saturated rings. The molecule has 2 heterocycles. The fourth-order valence-corrected chi connectivity index (χ4v) is 3.88. The van der Waals surface area contributed by atoms with Gasteiger partial charge in [0, 0.05) is 10.7 Å². The Morgan fingerprint density at radius 3 is 2.65 bits per heavy atom. The highest BCUT2D eigenvalue weighted by Gasteiger charge is 2.24. The maximum atomic E-state index is 12.8. The highest BCUT2D eigenvalue weighted by atomic mass is 35.5. The lowest BCUT2D eigenvalue weighted by Gasteiger charge is -2.23. The van der Waals surface area contributed by atoms with Crippen LogP contribution in [-0.4, -0.2) is 28.9 Å². The van der Waals surface area contributed by atoms with Crippen LogP contribution in [-0.2, 0) is 4.79 Å². The number of carbonyl (C=O) groups is 3. The van der Waals surface area contributed by atoms with Crippen LogP contribution in [0.15, 0.2) is 47.8 Å². The number of phenols is 1. The molecule has 0 saturated carbocycles. The minimum Gasteiger partial charge on any atom is -0.507 e. The van der Waals surface area contributed by atoms with Crippen molar-refractivity contribution in [1.29, 1.82) is 0 Å². The van der Waals surface area contributed by atoms with Crippen molar-refractivity contribution in [2.45, 2.75) is 13.0 Å². The van der Waals surface area contributed by atoms with Crippen molar-refractivity contribution in [3.63, 3.8) is 0 Å². The number of anilines is 3. The summed E-state index contributed by atoms with van der Waals surface area (Å²) in [6, 6.07) is 10.6. The zero-order valence-corrected chi connectivity index (χ0v) is 17.6. The molecule has 158 valence electrons. The van der Waals surface area contributed by atoms with E-state index < -0.39 is 17.9 Å². The Morgan fingerprint density at radius 1 is 1.10 bits per heavy atom. The van der Waals surface area contributed by atoms with Crippen molar-refractivity contribution in [2.24, 2.45) is 0 Å². The number of benzene rings is 2. The molecule has 1 aromatic heterocycles. The van der Waals surface area contributed by atoms with Gasteiger partial charge in [-0.1, -0.05) is 11.6 Å². The van der Waals surface area contributed by atoms with Gasteiger partial charge in [-0.15, -0.1) is 11.3 Å². The molecule has 10 heteroatoms. The Morgan fingerprint density at radius 2 is 1.87 bits per heavy atom. The van der Waals surface area contributed by atoms with Crippen molar-refractivity contribution in [3.8, 4) is 11.5 Å². The third kappa shape index (κ3) is 4.32. The van der Waals surface area contributed by atoms with E-state index in [1.165, 1.54) is 29.5 Å². The number of phenolic OH excluding ortho intramolecular Hbond substituents is 1. The fraction of sp³-hybridized carbons (Fsp3) is 0.0952. The maximum Gasteiger partial charge on any atom is 0.265 e. The molecular formula is C21H16ClN3O5S. The van der Waals surface area contributed by atoms with Gasteiger partial charge in [-0.3, -0.25) is 14.4 Å². The smallest absolute Gasteiger partial charge is 0.265 e. The first-order valence-electron chi connectivity index (χ1n) is 9.12. The Kier molecular flexibility index (Phi) is 5.53. The molecule has 4 N–H and O–H groups in total. The molecule has 1 aliphatic heterocycles. The van der Waals surface area contributed by atoms with Gasteiger partial charge in [-0.25, -0.2) is 0 Å². The first-order chi connectivity index (χ1) is 14.8. The van der Waals surface area contributed by atoms with Crippen LogP contribution in [0.3, 0.4) is 0 Å². The van der Waals surface area contributed by atoms with E-state index in [4.69, 9.17) is 16.3 Å². The topological polar surface area (TPSA) is 117 Å². The average Bonchev–Trinajstić information content (AvgIpc) is 3.17. The van der Waals surface area contributed by atoms with Gasteiger partial charge < -0.3 is 25.8 Å². The molecule has 0 spiro atoms. The Balaban J connectivity index is 1.50. The molecule has 3 aromatic rings. The summed E-state index contributed by atoms with van der Waals surface area (Å²) >= 11 is 6.96. The lowest BCUT2D eigenvalue weighted by atomic mass is 10.2. The summed E-state index contributed by atoms with van der Waals surface area (Å²) in [5.41, 5.74) is 1.18. The lowest BCUT2D eigenvalue weighted by molar-refractivity contribution is -0.122. The van der Waals surface area contributed by atoms with Gasteiger partial charge in [-0.05, 0) is 54.8 Å². The largest absolute Gasteiger partial charge is 0.507 e. The van der Waals surface area contributed by atoms with Crippen LogP contribution in [0.25, 0.3) is 0 Å². The normalized spacial score (nSPS) is 14.8. The average molecular weight is 458 g/mol. The second-order valence-corrected chi connectivity index (χ2v) is 8.05. The predicted octanol–water partition coefficient (Wildman–Crippen LogP) is 4.33. The predicted molar refractivity (Wildman–Crippen MR) is 119 cm³/mol. The van der Waals surface area contributed by atoms with E-state index in [1.807, 2.05) is 0 Å². The third-order valence-electron chi connectivity index (χ3n) is 4.51. The molecule has 2 aromatic carbocycles. The number of fused-ring (bicyclic) bond motifs is 1. The first-order valence-corrected chi connectivity index (χ1v) is 10.4. The highest BCUT2D eigenvalue weighted by Crippen LogP contribution is 2.33. The fourth-order valence-electron chi connectivity index (χ4n) is 2.94. The number of hydrogen-bond acceptors (Lipinski definition) is 6. The molecule has 0 radical (unpaired) electrons. The van der Waals surface area contributed by atoms with Crippen LogP contribution < -0.4 is 20.7 Å². The van der Waals surface area contributed by atoms with Gasteiger partial charge in [0.2, 0.25) is 0 Å². The molecule has 0 bridgehead atoms. The van der Waals surface area contributed by atoms with E-state index in [2.05, 4.69) is 16.0 Å². The number of rotatable bonds is 4. The van der Waals surface area contributed by atoms with Crippen molar-refractivity contribution in [2.75, 3.05) is 16.0 Å². The zero-order chi connectivity index (χ0) is 22.1. The summed E-state index contributed by atoms with van der Waals surface area (Å²) in [6.45, 7) is 1.64. The molecule has 3 amide bonds. The van der Waals surface area contributed by atoms with E-state index in [9.17, 15) is 19.5 Å². The number of carbonyl (C=O) groups excluding carboxylic acids is 3. The van der Waals surface area contributed by atoms with Crippen LogP contribution in [0.1, 0.15) is 27.6 Å². The molecule has 0 aliphatic carbocycles. The summed E-state index contributed by atoms with van der Waals surface area (Å²) < 4.78 is 5.50. The van der Waals surface area contributed by atoms with E-state index in [0.717, 1.165) is 0 Å². The third-order valence-corrected chi connectivity index (χ3v) is 5.57. The number of hydrogen-bond donors (Lipinski definition) is 4. The molecule has 1 aliphatic rings. The summed E-state index contributed by atoms with van der Waals surface area (Å²) in [5.74, 6) is -1.05. The molecular weight excluding hydrogens is 442 g/mol. The van der Waals surface area contributed by atoms with Crippen molar-refractivity contribution >= 4 is 57.0 Å². The van der Waals surface area contributed by atoms with Crippen LogP contribution >= 0.6 is 22.9 Å². The van der Waals surface area contributed by atoms with Crippen molar-refractivity contribution in [3.05, 3.63) is 64.0 Å². The first kappa shape index (κ1) is 20.7. The minimum atomic E-state index is -0.593. The summed E-state index contributed by atoms with van der Waals surface area (Å²) in [6.07, 6.45) is -0.593. The number of thiophene rings is 1. The number of halogens is 1. The van der Waals surface area contributed by atoms with Gasteiger partial charge in [0.05, 0.1) is 16.8 Å². The van der Waals surface area contributed by atoms with E-state index >= 15 is 0 Å². The molecule has 8 nitrogen and oxygen atoms in total. The molecule has 4 rings (SSSR count). The summed E-state index contributed by atoms with van der Waals surface area (Å²) in [4.78, 5) is 37.1. The number of aromatic hydroxyl groups is 1. The van der Waals surface area contributed by atoms with E-state index in [-0.39, 0.29) is 22.8 Å². The van der Waals surface area contributed by atoms with Crippen molar-refractivity contribution < 1.29 is 24.2 Å². The number of amides is 3. The quantitative estimate of drug-likeness (QED) is 0.465. The van der Waals surface area contributed by atoms with Gasteiger partial charge in [0.1, 0.15) is 16.5 Å². The lowest BCUT2D eigenvalue weighted by Crippen LogP contribution is -2.34. The zero-order valence-electron chi connectivity index (χ0n) is 16.1. The van der Waals surface area contributed by atoms with Crippen LogP contribution in [0.5, 0.6) is 11.5 Å². The van der Waals surface area contributed by atoms with E-state index in [1.54, 1.807) is 36.6 Å². The Labute approximate surface area is 185 Å². The van der Waals surface area contributed by atoms with Gasteiger partial charge >= 0.3 is 0 Å². The molecule has 0 unspecified atom stereocenters. The van der Waals surface area contributed by atoms with Gasteiger partial charge in [0.25, 0.3) is 17.7 Å². The standard InChI is InChI=1S/C21H16ClN3O5S/c1-10-18(27)24-15-9-12(3-5-17(15)30-10)23-20(29)14-6-7-31-21(14)25-19(28)13-4-2-11(22)8-16(13)26/h2-10,26H,1H3,(H,23,29)(H,24,27)(H,25,28)/t10-/m0/s1. The summed E-state index contributed by atoms with van der Waals surface area (Å²) in [7, 11) is 0. The molecule has 1 atom stereocenters. The highest BCUT2D eigenvalue weighted by molar-refractivity contribution is 7.14. The number of ether oxygens (including phenoxy) is 1. The van der Waals surface area contributed by atoms with Crippen LogP contribution in [0.2, 0.25) is 5.02 Å². The van der Waals surface area contributed by atoms with Gasteiger partial charge in [-0.2, -0.15) is 0 Å². The maximum absolute atomic E-state index is 12.8. The number of nitrogens with one attached hydrogen (secondary N) is 3. The minimum absolute atomic E-state index is 0.0313. The Bertz CT molecular complexity index is 1210. The second-order valence-electron chi connectivity index (χ2n) is 6.69. The SMILES string of the molecule is C[C@@H]1Oc2ccc(NC(=O)c3ccsc3NC(=O)c3ccc(Cl)cc3O)cc2NC1=O. The monoisotopic (exact) mass is 457 g/mol. The van der Waals surface area contributed by atoms with E-state index in [0.29, 0.717) is 27.1 Å². The second kappa shape index (κ2) is 8.29. The molecule has 0 saturated heterocycles. The Hall–Kier alpha value is -3.56. The van der Waals surface area contributed by atoms with Crippen LogP contribution in [0, 0.1) is 0 Å². The van der Waals surface area contributed by atoms with Gasteiger partial charge in [0.15, 0.2) is 6.10 Å². The van der Waals surface area contributed by atoms with Crippen LogP contribution in [0.4, 0.5) is 16.4 Å². The van der Waals surface area contributed by atoms with Crippen molar-refractivity contribution in [1.82, 2.24) is 0 Å². The summed E-state index contributed by atoms with van der Waals surface area (Å²) in [5, 5.41) is 20.3.